The van der Waals surface area contributed by atoms with Gasteiger partial charge in [0.05, 0.1) is 24.8 Å². The minimum Gasteiger partial charge on any atom is -0.493 e. The van der Waals surface area contributed by atoms with Gasteiger partial charge in [0, 0.05) is 25.7 Å². The number of nitrogens with two attached hydrogens (primary N) is 1. The highest BCUT2D eigenvalue weighted by Gasteiger charge is 2.06. The number of benzene rings is 1. The second-order valence-corrected chi connectivity index (χ2v) is 4.34. The maximum atomic E-state index is 8.59. The molecule has 0 bridgehead atoms. The SMILES string of the molecule is COCCOCCCOc1ccc(/C(N)=N/O)c(Cl)c1. The second-order valence-electron chi connectivity index (χ2n) is 3.93. The highest BCUT2D eigenvalue weighted by Crippen LogP contribution is 2.22. The van der Waals surface area contributed by atoms with Crippen LogP contribution in [0.4, 0.5) is 0 Å². The number of amidine groups is 1. The van der Waals surface area contributed by atoms with Crippen molar-refractivity contribution in [2.75, 3.05) is 33.5 Å². The molecule has 0 saturated heterocycles. The Morgan fingerprint density at radius 2 is 2.10 bits per heavy atom. The molecular weight excluding hydrogens is 284 g/mol. The molecule has 0 radical (unpaired) electrons. The summed E-state index contributed by atoms with van der Waals surface area (Å²) in [5, 5.41) is 11.9. The van der Waals surface area contributed by atoms with E-state index in [1.807, 2.05) is 0 Å². The first-order chi connectivity index (χ1) is 9.69. The van der Waals surface area contributed by atoms with Crippen LogP contribution in [-0.4, -0.2) is 44.6 Å². The van der Waals surface area contributed by atoms with Crippen molar-refractivity contribution in [3.8, 4) is 5.75 Å². The average molecular weight is 303 g/mol. The Balaban J connectivity index is 2.33. The van der Waals surface area contributed by atoms with E-state index in [0.29, 0.717) is 42.8 Å². The van der Waals surface area contributed by atoms with Crippen molar-refractivity contribution in [1.82, 2.24) is 0 Å². The number of rotatable bonds is 9. The number of hydrogen-bond donors (Lipinski definition) is 2. The quantitative estimate of drug-likeness (QED) is 0.239. The van der Waals surface area contributed by atoms with Crippen LogP contribution in [0.15, 0.2) is 23.4 Å². The van der Waals surface area contributed by atoms with Crippen LogP contribution in [-0.2, 0) is 9.47 Å². The van der Waals surface area contributed by atoms with Gasteiger partial charge in [-0.05, 0) is 18.2 Å². The zero-order valence-electron chi connectivity index (χ0n) is 11.3. The van der Waals surface area contributed by atoms with Crippen molar-refractivity contribution in [2.45, 2.75) is 6.42 Å². The third-order valence-electron chi connectivity index (χ3n) is 2.46. The number of ether oxygens (including phenoxy) is 3. The number of methoxy groups -OCH3 is 1. The molecule has 20 heavy (non-hydrogen) atoms. The van der Waals surface area contributed by atoms with Crippen LogP contribution < -0.4 is 10.5 Å². The predicted octanol–water partition coefficient (Wildman–Crippen LogP) is 1.87. The Morgan fingerprint density at radius 3 is 2.75 bits per heavy atom. The van der Waals surface area contributed by atoms with E-state index in [2.05, 4.69) is 5.16 Å². The third kappa shape index (κ3) is 5.64. The highest BCUT2D eigenvalue weighted by molar-refractivity contribution is 6.34. The van der Waals surface area contributed by atoms with Gasteiger partial charge in [0.1, 0.15) is 5.75 Å². The van der Waals surface area contributed by atoms with Crippen molar-refractivity contribution >= 4 is 17.4 Å². The van der Waals surface area contributed by atoms with E-state index >= 15 is 0 Å². The molecule has 7 heteroatoms. The molecule has 0 fully saturated rings. The zero-order valence-corrected chi connectivity index (χ0v) is 12.1. The Morgan fingerprint density at radius 1 is 1.30 bits per heavy atom. The first-order valence-corrected chi connectivity index (χ1v) is 6.53. The molecule has 0 aliphatic carbocycles. The van der Waals surface area contributed by atoms with Gasteiger partial charge in [0.15, 0.2) is 5.84 Å². The minimum absolute atomic E-state index is 0.0342. The van der Waals surface area contributed by atoms with E-state index in [1.54, 1.807) is 25.3 Å². The molecule has 0 spiro atoms. The summed E-state index contributed by atoms with van der Waals surface area (Å²) in [5.74, 6) is 0.592. The normalized spacial score (nSPS) is 11.6. The van der Waals surface area contributed by atoms with Crippen LogP contribution in [0.5, 0.6) is 5.75 Å². The monoisotopic (exact) mass is 302 g/mol. The van der Waals surface area contributed by atoms with Crippen molar-refractivity contribution in [1.29, 1.82) is 0 Å². The Bertz CT molecular complexity index is 440. The number of halogens is 1. The minimum atomic E-state index is -0.0342. The molecule has 0 atom stereocenters. The molecule has 112 valence electrons. The Labute approximate surface area is 123 Å². The molecule has 0 heterocycles. The molecule has 6 nitrogen and oxygen atoms in total. The molecular formula is C13H19ClN2O4. The van der Waals surface area contributed by atoms with Crippen molar-refractivity contribution in [3.63, 3.8) is 0 Å². The van der Waals surface area contributed by atoms with Crippen LogP contribution in [0.2, 0.25) is 5.02 Å². The van der Waals surface area contributed by atoms with E-state index in [9.17, 15) is 0 Å². The van der Waals surface area contributed by atoms with E-state index in [4.69, 9.17) is 36.8 Å². The molecule has 0 aliphatic rings. The van der Waals surface area contributed by atoms with Gasteiger partial charge in [0.25, 0.3) is 0 Å². The van der Waals surface area contributed by atoms with E-state index in [1.165, 1.54) is 0 Å². The molecule has 0 aliphatic heterocycles. The largest absolute Gasteiger partial charge is 0.493 e. The summed E-state index contributed by atoms with van der Waals surface area (Å²) in [5.41, 5.74) is 5.94. The fourth-order valence-corrected chi connectivity index (χ4v) is 1.71. The molecule has 0 amide bonds. The van der Waals surface area contributed by atoms with E-state index in [-0.39, 0.29) is 5.84 Å². The topological polar surface area (TPSA) is 86.3 Å². The lowest BCUT2D eigenvalue weighted by Gasteiger charge is -2.09. The van der Waals surface area contributed by atoms with Gasteiger partial charge in [0.2, 0.25) is 0 Å². The summed E-state index contributed by atoms with van der Waals surface area (Å²) in [6, 6.07) is 4.98. The molecule has 0 unspecified atom stereocenters. The van der Waals surface area contributed by atoms with Gasteiger partial charge in [-0.2, -0.15) is 0 Å². The summed E-state index contributed by atoms with van der Waals surface area (Å²) in [6.07, 6.45) is 0.767. The van der Waals surface area contributed by atoms with Crippen LogP contribution in [0.1, 0.15) is 12.0 Å². The fourth-order valence-electron chi connectivity index (χ4n) is 1.44. The number of hydrogen-bond acceptors (Lipinski definition) is 5. The van der Waals surface area contributed by atoms with Crippen LogP contribution in [0, 0.1) is 0 Å². The summed E-state index contributed by atoms with van der Waals surface area (Å²) < 4.78 is 15.7. The average Bonchev–Trinajstić information content (AvgIpc) is 2.45. The Kier molecular flexibility index (Phi) is 7.79. The van der Waals surface area contributed by atoms with Gasteiger partial charge in [-0.15, -0.1) is 0 Å². The van der Waals surface area contributed by atoms with E-state index in [0.717, 1.165) is 6.42 Å². The van der Waals surface area contributed by atoms with Crippen molar-refractivity contribution in [2.24, 2.45) is 10.9 Å². The summed E-state index contributed by atoms with van der Waals surface area (Å²) in [6.45, 7) is 2.30. The molecule has 0 saturated carbocycles. The fraction of sp³-hybridized carbons (Fsp3) is 0.462. The van der Waals surface area contributed by atoms with Gasteiger partial charge in [-0.1, -0.05) is 16.8 Å². The number of oxime groups is 1. The lowest BCUT2D eigenvalue weighted by Crippen LogP contribution is -2.13. The number of nitrogens with zero attached hydrogens (tertiary/aromatic N) is 1. The predicted molar refractivity (Wildman–Crippen MR) is 76.8 cm³/mol. The summed E-state index contributed by atoms with van der Waals surface area (Å²) in [4.78, 5) is 0. The van der Waals surface area contributed by atoms with Gasteiger partial charge in [-0.25, -0.2) is 0 Å². The van der Waals surface area contributed by atoms with Crippen LogP contribution >= 0.6 is 11.6 Å². The lowest BCUT2D eigenvalue weighted by atomic mass is 10.2. The maximum absolute atomic E-state index is 8.59. The van der Waals surface area contributed by atoms with Crippen LogP contribution in [0.3, 0.4) is 0 Å². The molecule has 1 rings (SSSR count). The second kappa shape index (κ2) is 9.41. The summed E-state index contributed by atoms with van der Waals surface area (Å²) >= 11 is 6.01. The van der Waals surface area contributed by atoms with Crippen molar-refractivity contribution in [3.05, 3.63) is 28.8 Å². The lowest BCUT2D eigenvalue weighted by molar-refractivity contribution is 0.0644. The standard InChI is InChI=1S/C13H19ClN2O4/c1-18-7-8-19-5-2-6-20-10-3-4-11(12(14)9-10)13(15)16-17/h3-4,9,17H,2,5-8H2,1H3,(H2,15,16). The first kappa shape index (κ1) is 16.6. The Hall–Kier alpha value is -1.50. The highest BCUT2D eigenvalue weighted by atomic mass is 35.5. The molecule has 1 aromatic carbocycles. The van der Waals surface area contributed by atoms with Gasteiger partial charge >= 0.3 is 0 Å². The maximum Gasteiger partial charge on any atom is 0.171 e. The van der Waals surface area contributed by atoms with Crippen molar-refractivity contribution < 1.29 is 19.4 Å². The summed E-state index contributed by atoms with van der Waals surface area (Å²) in [7, 11) is 1.63. The third-order valence-corrected chi connectivity index (χ3v) is 2.77. The smallest absolute Gasteiger partial charge is 0.171 e. The zero-order chi connectivity index (χ0) is 14.8. The van der Waals surface area contributed by atoms with Gasteiger partial charge < -0.3 is 25.2 Å². The van der Waals surface area contributed by atoms with Crippen LogP contribution in [0.25, 0.3) is 0 Å². The van der Waals surface area contributed by atoms with Gasteiger partial charge in [-0.3, -0.25) is 0 Å². The first-order valence-electron chi connectivity index (χ1n) is 6.16. The molecule has 1 aromatic rings. The molecule has 0 aromatic heterocycles. The van der Waals surface area contributed by atoms with E-state index < -0.39 is 0 Å². The molecule has 3 N–H and O–H groups in total.